The largest absolute Gasteiger partial charge is 0.0619 e. The van der Waals surface area contributed by atoms with Crippen LogP contribution in [-0.4, -0.2) is 0 Å². The van der Waals surface area contributed by atoms with Gasteiger partial charge in [-0.3, -0.25) is 0 Å². The maximum absolute atomic E-state index is 2.42. The summed E-state index contributed by atoms with van der Waals surface area (Å²) in [6.45, 7) is 6.97. The van der Waals surface area contributed by atoms with Gasteiger partial charge in [0.1, 0.15) is 0 Å². The Morgan fingerprint density at radius 1 is 1.12 bits per heavy atom. The molecule has 17 heavy (non-hydrogen) atoms. The van der Waals surface area contributed by atoms with E-state index in [0.29, 0.717) is 5.92 Å². The predicted octanol–water partition coefficient (Wildman–Crippen LogP) is 5.31. The summed E-state index contributed by atoms with van der Waals surface area (Å²) < 4.78 is 0. The molecule has 0 spiro atoms. The highest BCUT2D eigenvalue weighted by Gasteiger charge is 2.20. The van der Waals surface area contributed by atoms with Crippen LogP contribution in [0.15, 0.2) is 24.3 Å². The van der Waals surface area contributed by atoms with E-state index in [9.17, 15) is 0 Å². The molecular weight excluding hydrogens is 204 g/mol. The van der Waals surface area contributed by atoms with Crippen molar-refractivity contribution in [3.63, 3.8) is 0 Å². The Kier molecular flexibility index (Phi) is 4.25. The zero-order valence-electron chi connectivity index (χ0n) is 11.6. The Balaban J connectivity index is 1.84. The molecule has 0 nitrogen and oxygen atoms in total. The first kappa shape index (κ1) is 12.7. The van der Waals surface area contributed by atoms with Gasteiger partial charge in [0.15, 0.2) is 0 Å². The summed E-state index contributed by atoms with van der Waals surface area (Å²) in [6.07, 6.45) is 7.32. The summed E-state index contributed by atoms with van der Waals surface area (Å²) in [5.74, 6) is 2.58. The second kappa shape index (κ2) is 5.71. The first-order valence-corrected chi connectivity index (χ1v) is 7.23. The normalized spacial score (nSPS) is 19.7. The number of hydrogen-bond acceptors (Lipinski definition) is 0. The van der Waals surface area contributed by atoms with Crippen molar-refractivity contribution < 1.29 is 0 Å². The van der Waals surface area contributed by atoms with Gasteiger partial charge in [0.25, 0.3) is 0 Å². The molecule has 1 aliphatic carbocycles. The average molecular weight is 230 g/mol. The fourth-order valence-corrected chi connectivity index (χ4v) is 2.73. The van der Waals surface area contributed by atoms with Crippen LogP contribution in [0, 0.1) is 18.8 Å². The van der Waals surface area contributed by atoms with Crippen LogP contribution in [0.2, 0.25) is 0 Å². The van der Waals surface area contributed by atoms with Crippen molar-refractivity contribution in [2.45, 2.75) is 58.8 Å². The maximum atomic E-state index is 2.42. The van der Waals surface area contributed by atoms with Gasteiger partial charge in [-0.2, -0.15) is 0 Å². The van der Waals surface area contributed by atoms with Crippen LogP contribution in [0.25, 0.3) is 0 Å². The van der Waals surface area contributed by atoms with E-state index in [1.807, 2.05) is 0 Å². The van der Waals surface area contributed by atoms with Gasteiger partial charge in [-0.15, -0.1) is 0 Å². The lowest BCUT2D eigenvalue weighted by atomic mass is 9.78. The fraction of sp³-hybridized carbons (Fsp3) is 0.647. The van der Waals surface area contributed by atoms with Crippen LogP contribution in [-0.2, 0) is 0 Å². The van der Waals surface area contributed by atoms with E-state index in [2.05, 4.69) is 45.0 Å². The van der Waals surface area contributed by atoms with Crippen LogP contribution in [0.4, 0.5) is 0 Å². The molecule has 0 amide bonds. The van der Waals surface area contributed by atoms with Gasteiger partial charge in [-0.05, 0) is 36.7 Å². The molecule has 0 heteroatoms. The molecule has 2 unspecified atom stereocenters. The summed E-state index contributed by atoms with van der Waals surface area (Å²) in [5, 5.41) is 0. The van der Waals surface area contributed by atoms with E-state index in [1.54, 1.807) is 0 Å². The lowest BCUT2D eigenvalue weighted by molar-refractivity contribution is 0.266. The highest BCUT2D eigenvalue weighted by atomic mass is 14.3. The van der Waals surface area contributed by atoms with E-state index in [1.165, 1.54) is 43.2 Å². The Bertz CT molecular complexity index is 332. The third-order valence-corrected chi connectivity index (χ3v) is 4.71. The van der Waals surface area contributed by atoms with Gasteiger partial charge in [0.2, 0.25) is 0 Å². The Morgan fingerprint density at radius 2 is 1.76 bits per heavy atom. The highest BCUT2D eigenvalue weighted by Crippen LogP contribution is 2.34. The van der Waals surface area contributed by atoms with Crippen LogP contribution in [0.5, 0.6) is 0 Å². The van der Waals surface area contributed by atoms with E-state index >= 15 is 0 Å². The minimum atomic E-state index is 0.704. The van der Waals surface area contributed by atoms with Crippen molar-refractivity contribution in [2.75, 3.05) is 0 Å². The fourth-order valence-electron chi connectivity index (χ4n) is 2.73. The zero-order chi connectivity index (χ0) is 12.3. The quantitative estimate of drug-likeness (QED) is 0.642. The van der Waals surface area contributed by atoms with Crippen LogP contribution < -0.4 is 0 Å². The highest BCUT2D eigenvalue weighted by molar-refractivity contribution is 5.24. The molecule has 2 rings (SSSR count). The minimum absolute atomic E-state index is 0.704. The average Bonchev–Trinajstić information content (AvgIpc) is 2.27. The molecule has 1 aromatic rings. The number of aryl methyl sites for hydroxylation is 1. The van der Waals surface area contributed by atoms with Gasteiger partial charge < -0.3 is 0 Å². The minimum Gasteiger partial charge on any atom is -0.0619 e. The van der Waals surface area contributed by atoms with Crippen LogP contribution in [0.3, 0.4) is 0 Å². The van der Waals surface area contributed by atoms with E-state index in [-0.39, 0.29) is 0 Å². The molecule has 1 aromatic carbocycles. The van der Waals surface area contributed by atoms with Crippen molar-refractivity contribution in [1.82, 2.24) is 0 Å². The molecule has 0 radical (unpaired) electrons. The molecule has 1 aliphatic rings. The van der Waals surface area contributed by atoms with Crippen molar-refractivity contribution in [2.24, 2.45) is 11.8 Å². The number of benzene rings is 1. The molecule has 1 saturated carbocycles. The summed E-state index contributed by atoms with van der Waals surface area (Å²) in [5.41, 5.74) is 2.87. The number of hydrogen-bond donors (Lipinski definition) is 0. The third-order valence-electron chi connectivity index (χ3n) is 4.71. The van der Waals surface area contributed by atoms with Gasteiger partial charge in [-0.1, -0.05) is 69.4 Å². The Hall–Kier alpha value is -0.780. The second-order valence-electron chi connectivity index (χ2n) is 6.05. The van der Waals surface area contributed by atoms with Crippen molar-refractivity contribution in [1.29, 1.82) is 0 Å². The summed E-state index contributed by atoms with van der Waals surface area (Å²) in [7, 11) is 0. The lowest BCUT2D eigenvalue weighted by Crippen LogP contribution is -2.14. The van der Waals surface area contributed by atoms with Gasteiger partial charge >= 0.3 is 0 Å². The monoisotopic (exact) mass is 230 g/mol. The number of rotatable bonds is 5. The molecule has 0 bridgehead atoms. The van der Waals surface area contributed by atoms with Crippen molar-refractivity contribution in [3.05, 3.63) is 35.4 Å². The molecule has 0 aliphatic heterocycles. The smallest absolute Gasteiger partial charge is 0.0165 e. The Morgan fingerprint density at radius 3 is 2.29 bits per heavy atom. The molecule has 94 valence electrons. The van der Waals surface area contributed by atoms with Crippen LogP contribution >= 0.6 is 0 Å². The summed E-state index contributed by atoms with van der Waals surface area (Å²) >= 11 is 0. The van der Waals surface area contributed by atoms with Gasteiger partial charge in [0, 0.05) is 0 Å². The molecule has 0 N–H and O–H groups in total. The SMILES string of the molecule is Cc1ccc(C(C)C(C)CCC2CCC2)cc1. The topological polar surface area (TPSA) is 0 Å². The van der Waals surface area contributed by atoms with Gasteiger partial charge in [0.05, 0.1) is 0 Å². The van der Waals surface area contributed by atoms with Crippen LogP contribution in [0.1, 0.15) is 63.0 Å². The first-order valence-electron chi connectivity index (χ1n) is 7.23. The standard InChI is InChI=1S/C17H26/c1-13-7-11-17(12-8-13)15(3)14(2)9-10-16-5-4-6-16/h7-8,11-12,14-16H,4-6,9-10H2,1-3H3. The first-order chi connectivity index (χ1) is 8.16. The molecule has 0 saturated heterocycles. The van der Waals surface area contributed by atoms with Gasteiger partial charge in [-0.25, -0.2) is 0 Å². The molecular formula is C17H26. The molecule has 2 atom stereocenters. The molecule has 0 aromatic heterocycles. The molecule has 1 fully saturated rings. The zero-order valence-corrected chi connectivity index (χ0v) is 11.6. The van der Waals surface area contributed by atoms with Crippen molar-refractivity contribution >= 4 is 0 Å². The van der Waals surface area contributed by atoms with E-state index in [4.69, 9.17) is 0 Å². The lowest BCUT2D eigenvalue weighted by Gasteiger charge is -2.28. The van der Waals surface area contributed by atoms with E-state index < -0.39 is 0 Å². The van der Waals surface area contributed by atoms with Crippen molar-refractivity contribution in [3.8, 4) is 0 Å². The van der Waals surface area contributed by atoms with E-state index in [0.717, 1.165) is 11.8 Å². The molecule has 0 heterocycles. The predicted molar refractivity (Wildman–Crippen MR) is 75.3 cm³/mol. The summed E-state index contributed by atoms with van der Waals surface area (Å²) in [6, 6.07) is 9.09. The maximum Gasteiger partial charge on any atom is -0.0165 e. The third kappa shape index (κ3) is 3.34. The summed E-state index contributed by atoms with van der Waals surface area (Å²) in [4.78, 5) is 0. The second-order valence-corrected chi connectivity index (χ2v) is 6.05. The Labute approximate surface area is 106 Å².